The fraction of sp³-hybridized carbons (Fsp3) is 0.400. The maximum Gasteiger partial charge on any atom is 0.227 e. The van der Waals surface area contributed by atoms with Gasteiger partial charge in [-0.05, 0) is 6.92 Å². The first-order valence-corrected chi connectivity index (χ1v) is 2.43. The van der Waals surface area contributed by atoms with Crippen molar-refractivity contribution in [3.63, 3.8) is 0 Å². The lowest BCUT2D eigenvalue weighted by Crippen LogP contribution is -2.11. The highest BCUT2D eigenvalue weighted by atomic mass is 16.1. The lowest BCUT2D eigenvalue weighted by Gasteiger charge is -1.89. The number of hydrogen-bond acceptors (Lipinski definition) is 3. The highest BCUT2D eigenvalue weighted by molar-refractivity contribution is 6.37. The molecule has 9 heavy (non-hydrogen) atoms. The van der Waals surface area contributed by atoms with Crippen LogP contribution < -0.4 is 5.43 Å². The average Bonchev–Trinajstić information content (AvgIpc) is 1.82. The standard InChI is InChI=1S/C5H8N2O2/c1-4(5(2)9)7-6-3-8/h3H,1-2H3,(H,6,8)/b7-4-. The molecule has 0 rings (SSSR count). The molecule has 0 saturated carbocycles. The van der Waals surface area contributed by atoms with Crippen LogP contribution in [0.25, 0.3) is 0 Å². The van der Waals surface area contributed by atoms with Gasteiger partial charge in [0, 0.05) is 6.92 Å². The molecule has 0 saturated heterocycles. The first-order chi connectivity index (χ1) is 4.18. The Balaban J connectivity index is 3.83. The van der Waals surface area contributed by atoms with Gasteiger partial charge in [0.25, 0.3) is 0 Å². The number of ketones is 1. The Morgan fingerprint density at radius 1 is 1.56 bits per heavy atom. The van der Waals surface area contributed by atoms with E-state index in [1.807, 2.05) is 5.43 Å². The van der Waals surface area contributed by atoms with Crippen LogP contribution in [0.5, 0.6) is 0 Å². The van der Waals surface area contributed by atoms with Crippen LogP contribution >= 0.6 is 0 Å². The SMILES string of the molecule is CC(=O)/C(C)=N\NC=O. The molecule has 0 spiro atoms. The maximum absolute atomic E-state index is 10.4. The molecule has 0 unspecified atom stereocenters. The van der Waals surface area contributed by atoms with Crippen LogP contribution in [0.15, 0.2) is 5.10 Å². The molecule has 0 fully saturated rings. The maximum atomic E-state index is 10.4. The van der Waals surface area contributed by atoms with Gasteiger partial charge in [0.1, 0.15) is 5.71 Å². The van der Waals surface area contributed by atoms with Crippen molar-refractivity contribution in [3.8, 4) is 0 Å². The summed E-state index contributed by atoms with van der Waals surface area (Å²) in [5.74, 6) is -0.149. The summed E-state index contributed by atoms with van der Waals surface area (Å²) < 4.78 is 0. The average molecular weight is 128 g/mol. The lowest BCUT2D eigenvalue weighted by molar-refractivity contribution is -0.111. The van der Waals surface area contributed by atoms with Crippen molar-refractivity contribution in [2.24, 2.45) is 5.10 Å². The summed E-state index contributed by atoms with van der Waals surface area (Å²) in [6, 6.07) is 0. The van der Waals surface area contributed by atoms with Gasteiger partial charge in [-0.25, -0.2) is 5.43 Å². The normalized spacial score (nSPS) is 10.7. The minimum Gasteiger partial charge on any atom is -0.293 e. The second-order valence-corrected chi connectivity index (χ2v) is 1.50. The third-order valence-electron chi connectivity index (χ3n) is 0.794. The molecule has 1 amide bonds. The molecule has 0 aromatic heterocycles. The zero-order chi connectivity index (χ0) is 7.28. The van der Waals surface area contributed by atoms with Gasteiger partial charge in [-0.15, -0.1) is 0 Å². The Kier molecular flexibility index (Phi) is 3.27. The number of carbonyl (C=O) groups excluding carboxylic acids is 2. The van der Waals surface area contributed by atoms with Crippen molar-refractivity contribution in [1.29, 1.82) is 0 Å². The number of nitrogens with one attached hydrogen (secondary N) is 1. The van der Waals surface area contributed by atoms with E-state index in [9.17, 15) is 9.59 Å². The Hall–Kier alpha value is -1.19. The molecule has 0 radical (unpaired) electrons. The molecular weight excluding hydrogens is 120 g/mol. The van der Waals surface area contributed by atoms with Crippen LogP contribution in [0, 0.1) is 0 Å². The third-order valence-corrected chi connectivity index (χ3v) is 0.794. The van der Waals surface area contributed by atoms with E-state index in [-0.39, 0.29) is 5.78 Å². The molecule has 0 aromatic carbocycles. The molecular formula is C5H8N2O2. The number of rotatable bonds is 3. The first kappa shape index (κ1) is 7.81. The summed E-state index contributed by atoms with van der Waals surface area (Å²) in [6.07, 6.45) is 0.409. The smallest absolute Gasteiger partial charge is 0.227 e. The van der Waals surface area contributed by atoms with E-state index >= 15 is 0 Å². The fourth-order valence-corrected chi connectivity index (χ4v) is 0.202. The van der Waals surface area contributed by atoms with E-state index < -0.39 is 0 Å². The predicted molar refractivity (Wildman–Crippen MR) is 33.0 cm³/mol. The van der Waals surface area contributed by atoms with E-state index in [1.54, 1.807) is 0 Å². The van der Waals surface area contributed by atoms with Crippen molar-refractivity contribution in [3.05, 3.63) is 0 Å². The van der Waals surface area contributed by atoms with Crippen molar-refractivity contribution < 1.29 is 9.59 Å². The number of nitrogens with zero attached hydrogens (tertiary/aromatic N) is 1. The van der Waals surface area contributed by atoms with Gasteiger partial charge in [0.2, 0.25) is 6.41 Å². The summed E-state index contributed by atoms with van der Waals surface area (Å²) in [4.78, 5) is 20.0. The number of carbonyl (C=O) groups is 2. The summed E-state index contributed by atoms with van der Waals surface area (Å²) >= 11 is 0. The van der Waals surface area contributed by atoms with Gasteiger partial charge in [-0.3, -0.25) is 9.59 Å². The van der Waals surface area contributed by atoms with Gasteiger partial charge >= 0.3 is 0 Å². The van der Waals surface area contributed by atoms with Gasteiger partial charge in [-0.2, -0.15) is 5.10 Å². The molecule has 0 aliphatic carbocycles. The van der Waals surface area contributed by atoms with Gasteiger partial charge in [0.15, 0.2) is 5.78 Å². The van der Waals surface area contributed by atoms with Gasteiger partial charge < -0.3 is 0 Å². The predicted octanol–water partition coefficient (Wildman–Crippen LogP) is -0.303. The number of Topliss-reactive ketones (excluding diaryl/α,β-unsaturated/α-hetero) is 1. The highest BCUT2D eigenvalue weighted by Gasteiger charge is 1.94. The van der Waals surface area contributed by atoms with Crippen LogP contribution in [0.2, 0.25) is 0 Å². The fourth-order valence-electron chi connectivity index (χ4n) is 0.202. The van der Waals surface area contributed by atoms with Crippen LogP contribution in [0.3, 0.4) is 0 Å². The third kappa shape index (κ3) is 3.40. The molecule has 0 atom stereocenters. The Morgan fingerprint density at radius 3 is 2.44 bits per heavy atom. The molecule has 1 N–H and O–H groups in total. The van der Waals surface area contributed by atoms with Crippen molar-refractivity contribution >= 4 is 17.9 Å². The van der Waals surface area contributed by atoms with E-state index in [0.29, 0.717) is 12.1 Å². The summed E-state index contributed by atoms with van der Waals surface area (Å²) in [5, 5.41) is 3.39. The Labute approximate surface area is 52.9 Å². The molecule has 0 aliphatic heterocycles. The van der Waals surface area contributed by atoms with E-state index in [2.05, 4.69) is 5.10 Å². The monoisotopic (exact) mass is 128 g/mol. The molecule has 0 aliphatic rings. The number of amides is 1. The molecule has 0 bridgehead atoms. The zero-order valence-electron chi connectivity index (χ0n) is 5.34. The van der Waals surface area contributed by atoms with Gasteiger partial charge in [-0.1, -0.05) is 0 Å². The summed E-state index contributed by atoms with van der Waals surface area (Å²) in [7, 11) is 0. The summed E-state index contributed by atoms with van der Waals surface area (Å²) in [5.41, 5.74) is 2.31. The lowest BCUT2D eigenvalue weighted by atomic mass is 10.3. The highest BCUT2D eigenvalue weighted by Crippen LogP contribution is 1.74. The quantitative estimate of drug-likeness (QED) is 0.322. The zero-order valence-corrected chi connectivity index (χ0v) is 5.34. The summed E-state index contributed by atoms with van der Waals surface area (Å²) in [6.45, 7) is 2.91. The first-order valence-electron chi connectivity index (χ1n) is 2.43. The van der Waals surface area contributed by atoms with Crippen molar-refractivity contribution in [1.82, 2.24) is 5.43 Å². The minimum absolute atomic E-state index is 0.149. The molecule has 0 heterocycles. The Bertz CT molecular complexity index is 151. The van der Waals surface area contributed by atoms with Gasteiger partial charge in [0.05, 0.1) is 0 Å². The van der Waals surface area contributed by atoms with E-state index in [0.717, 1.165) is 0 Å². The molecule has 50 valence electrons. The molecule has 4 heteroatoms. The van der Waals surface area contributed by atoms with Crippen molar-refractivity contribution in [2.75, 3.05) is 0 Å². The van der Waals surface area contributed by atoms with Crippen LogP contribution in [-0.4, -0.2) is 17.9 Å². The van der Waals surface area contributed by atoms with E-state index in [1.165, 1.54) is 13.8 Å². The largest absolute Gasteiger partial charge is 0.293 e. The number of hydrogen-bond donors (Lipinski definition) is 1. The topological polar surface area (TPSA) is 58.5 Å². The second kappa shape index (κ2) is 3.77. The number of hydrazone groups is 1. The van der Waals surface area contributed by atoms with Crippen LogP contribution in [-0.2, 0) is 9.59 Å². The molecule has 0 aromatic rings. The second-order valence-electron chi connectivity index (χ2n) is 1.50. The molecule has 4 nitrogen and oxygen atoms in total. The van der Waals surface area contributed by atoms with Crippen molar-refractivity contribution in [2.45, 2.75) is 13.8 Å². The van der Waals surface area contributed by atoms with Crippen LogP contribution in [0.4, 0.5) is 0 Å². The Morgan fingerprint density at radius 2 is 2.11 bits per heavy atom. The van der Waals surface area contributed by atoms with E-state index in [4.69, 9.17) is 0 Å². The van der Waals surface area contributed by atoms with Crippen LogP contribution in [0.1, 0.15) is 13.8 Å². The minimum atomic E-state index is -0.149.